The molecule has 0 saturated carbocycles. The number of aryl methyl sites for hydroxylation is 1. The lowest BCUT2D eigenvalue weighted by molar-refractivity contribution is -0.116. The molecular weight excluding hydrogens is 430 g/mol. The van der Waals surface area contributed by atoms with Gasteiger partial charge in [-0.3, -0.25) is 9.59 Å². The monoisotopic (exact) mass is 455 g/mol. The smallest absolute Gasteiger partial charge is 0.338 e. The quantitative estimate of drug-likeness (QED) is 0.319. The number of ether oxygens (including phenoxy) is 1. The van der Waals surface area contributed by atoms with Crippen LogP contribution in [0.5, 0.6) is 0 Å². The fourth-order valence-corrected chi connectivity index (χ4v) is 3.61. The summed E-state index contributed by atoms with van der Waals surface area (Å²) in [6.07, 6.45) is 2.65. The van der Waals surface area contributed by atoms with Crippen molar-refractivity contribution in [3.63, 3.8) is 0 Å². The van der Waals surface area contributed by atoms with Crippen LogP contribution >= 0.6 is 0 Å². The predicted molar refractivity (Wildman–Crippen MR) is 132 cm³/mol. The molecule has 0 saturated heterocycles. The molecule has 0 bridgehead atoms. The van der Waals surface area contributed by atoms with Crippen molar-refractivity contribution in [1.29, 1.82) is 0 Å². The van der Waals surface area contributed by atoms with Crippen molar-refractivity contribution >= 4 is 40.1 Å². The molecule has 0 spiro atoms. The number of carbonyl (C=O) groups is 3. The number of hydrogen-bond donors (Lipinski definition) is 3. The van der Waals surface area contributed by atoms with Crippen molar-refractivity contribution in [1.82, 2.24) is 4.98 Å². The van der Waals surface area contributed by atoms with Crippen LogP contribution in [0.15, 0.2) is 79.0 Å². The second kappa shape index (κ2) is 10.5. The van der Waals surface area contributed by atoms with Crippen LogP contribution in [0.3, 0.4) is 0 Å². The van der Waals surface area contributed by atoms with E-state index in [9.17, 15) is 14.4 Å². The average molecular weight is 456 g/mol. The highest BCUT2D eigenvalue weighted by atomic mass is 16.5. The molecule has 2 amide bonds. The highest BCUT2D eigenvalue weighted by molar-refractivity contribution is 6.13. The summed E-state index contributed by atoms with van der Waals surface area (Å²) in [5, 5.41) is 6.44. The maximum Gasteiger partial charge on any atom is 0.338 e. The fraction of sp³-hybridized carbons (Fsp3) is 0.148. The summed E-state index contributed by atoms with van der Waals surface area (Å²) in [5.41, 5.74) is 3.93. The number of carbonyl (C=O) groups excluding carboxylic acids is 3. The van der Waals surface area contributed by atoms with E-state index < -0.39 is 5.97 Å². The number of hydrogen-bond acceptors (Lipinski definition) is 4. The summed E-state index contributed by atoms with van der Waals surface area (Å²) in [7, 11) is 0. The topological polar surface area (TPSA) is 100 Å². The first kappa shape index (κ1) is 22.8. The number of nitrogens with one attached hydrogen (secondary N) is 3. The van der Waals surface area contributed by atoms with Crippen molar-refractivity contribution in [2.45, 2.75) is 19.8 Å². The maximum absolute atomic E-state index is 12.9. The van der Waals surface area contributed by atoms with Crippen LogP contribution in [-0.2, 0) is 16.0 Å². The minimum Gasteiger partial charge on any atom is -0.462 e. The maximum atomic E-state index is 12.9. The first-order chi connectivity index (χ1) is 16.5. The van der Waals surface area contributed by atoms with Gasteiger partial charge in [0.25, 0.3) is 5.91 Å². The third-order valence-corrected chi connectivity index (χ3v) is 5.35. The van der Waals surface area contributed by atoms with E-state index in [1.807, 2.05) is 36.4 Å². The number of rotatable bonds is 8. The molecule has 0 fully saturated rings. The zero-order chi connectivity index (χ0) is 23.9. The molecule has 172 valence electrons. The summed E-state index contributed by atoms with van der Waals surface area (Å²) in [6.45, 7) is 2.04. The molecule has 3 aromatic carbocycles. The first-order valence-electron chi connectivity index (χ1n) is 11.1. The Morgan fingerprint density at radius 3 is 2.35 bits per heavy atom. The van der Waals surface area contributed by atoms with Crippen LogP contribution < -0.4 is 10.6 Å². The summed E-state index contributed by atoms with van der Waals surface area (Å²) in [4.78, 5) is 40.2. The van der Waals surface area contributed by atoms with Gasteiger partial charge >= 0.3 is 5.97 Å². The minimum atomic E-state index is -0.407. The Balaban J connectivity index is 1.42. The lowest BCUT2D eigenvalue weighted by Crippen LogP contribution is -2.13. The van der Waals surface area contributed by atoms with Gasteiger partial charge in [-0.05, 0) is 61.4 Å². The Labute approximate surface area is 197 Å². The highest BCUT2D eigenvalue weighted by Gasteiger charge is 2.14. The van der Waals surface area contributed by atoms with E-state index in [1.54, 1.807) is 49.5 Å². The molecular formula is C27H25N3O4. The standard InChI is InChI=1S/C27H25N3O4/c1-2-34-27(33)19-9-11-20(12-10-19)30-26(32)23-17-28-24-14-13-21(16-22(23)24)29-25(31)15-8-18-6-4-3-5-7-18/h3-7,9-14,16-17,28H,2,8,15H2,1H3,(H,29,31)(H,30,32). The summed E-state index contributed by atoms with van der Waals surface area (Å²) >= 11 is 0. The molecule has 0 unspecified atom stereocenters. The predicted octanol–water partition coefficient (Wildman–Crippen LogP) is 5.17. The Morgan fingerprint density at radius 1 is 0.882 bits per heavy atom. The van der Waals surface area contributed by atoms with Gasteiger partial charge in [0.1, 0.15) is 0 Å². The van der Waals surface area contributed by atoms with Crippen molar-refractivity contribution in [3.05, 3.63) is 95.7 Å². The van der Waals surface area contributed by atoms with Gasteiger partial charge in [-0.25, -0.2) is 4.79 Å². The van der Waals surface area contributed by atoms with Gasteiger partial charge in [-0.15, -0.1) is 0 Å². The minimum absolute atomic E-state index is 0.0913. The van der Waals surface area contributed by atoms with E-state index >= 15 is 0 Å². The molecule has 1 aromatic heterocycles. The van der Waals surface area contributed by atoms with Crippen LogP contribution in [0, 0.1) is 0 Å². The molecule has 4 aromatic rings. The van der Waals surface area contributed by atoms with Gasteiger partial charge in [0.2, 0.25) is 5.91 Å². The van der Waals surface area contributed by atoms with E-state index in [4.69, 9.17) is 4.74 Å². The molecule has 0 aliphatic carbocycles. The molecule has 0 radical (unpaired) electrons. The highest BCUT2D eigenvalue weighted by Crippen LogP contribution is 2.24. The lowest BCUT2D eigenvalue weighted by atomic mass is 10.1. The molecule has 3 N–H and O–H groups in total. The van der Waals surface area contributed by atoms with E-state index in [0.717, 1.165) is 11.1 Å². The number of H-pyrrole nitrogens is 1. The number of benzene rings is 3. The normalized spacial score (nSPS) is 10.6. The third-order valence-electron chi connectivity index (χ3n) is 5.35. The summed E-state index contributed by atoms with van der Waals surface area (Å²) < 4.78 is 4.97. The van der Waals surface area contributed by atoms with E-state index in [1.165, 1.54) is 0 Å². The molecule has 0 aliphatic rings. The lowest BCUT2D eigenvalue weighted by Gasteiger charge is -2.08. The first-order valence-corrected chi connectivity index (χ1v) is 11.1. The Morgan fingerprint density at radius 2 is 1.62 bits per heavy atom. The van der Waals surface area contributed by atoms with E-state index in [0.29, 0.717) is 47.3 Å². The number of aromatic amines is 1. The number of anilines is 2. The third kappa shape index (κ3) is 5.50. The second-order valence-electron chi connectivity index (χ2n) is 7.75. The number of esters is 1. The molecule has 1 heterocycles. The molecule has 0 aliphatic heterocycles. The van der Waals surface area contributed by atoms with E-state index in [-0.39, 0.29) is 11.8 Å². The van der Waals surface area contributed by atoms with Crippen molar-refractivity contribution < 1.29 is 19.1 Å². The van der Waals surface area contributed by atoms with Crippen LogP contribution in [0.25, 0.3) is 10.9 Å². The second-order valence-corrected chi connectivity index (χ2v) is 7.75. The Bertz CT molecular complexity index is 1310. The average Bonchev–Trinajstić information content (AvgIpc) is 3.27. The molecule has 0 atom stereocenters. The van der Waals surface area contributed by atoms with Gasteiger partial charge in [-0.2, -0.15) is 0 Å². The van der Waals surface area contributed by atoms with Crippen LogP contribution in [0.2, 0.25) is 0 Å². The largest absolute Gasteiger partial charge is 0.462 e. The van der Waals surface area contributed by atoms with Gasteiger partial charge in [0.05, 0.1) is 17.7 Å². The fourth-order valence-electron chi connectivity index (χ4n) is 3.61. The van der Waals surface area contributed by atoms with Gasteiger partial charge in [-0.1, -0.05) is 30.3 Å². The van der Waals surface area contributed by atoms with Crippen LogP contribution in [0.4, 0.5) is 11.4 Å². The Hall–Kier alpha value is -4.39. The molecule has 34 heavy (non-hydrogen) atoms. The number of aromatic nitrogens is 1. The van der Waals surface area contributed by atoms with Crippen molar-refractivity contribution in [2.24, 2.45) is 0 Å². The van der Waals surface area contributed by atoms with Crippen LogP contribution in [-0.4, -0.2) is 29.4 Å². The molecule has 7 nitrogen and oxygen atoms in total. The summed E-state index contributed by atoms with van der Waals surface area (Å²) in [6, 6.07) is 21.8. The van der Waals surface area contributed by atoms with E-state index in [2.05, 4.69) is 15.6 Å². The molecule has 4 rings (SSSR count). The number of amides is 2. The van der Waals surface area contributed by atoms with Crippen LogP contribution in [0.1, 0.15) is 39.6 Å². The SMILES string of the molecule is CCOC(=O)c1ccc(NC(=O)c2c[nH]c3ccc(NC(=O)CCc4ccccc4)cc23)cc1. The zero-order valence-corrected chi connectivity index (χ0v) is 18.8. The van der Waals surface area contributed by atoms with Gasteiger partial charge in [0, 0.05) is 34.9 Å². The zero-order valence-electron chi connectivity index (χ0n) is 18.8. The van der Waals surface area contributed by atoms with Gasteiger partial charge in [0.15, 0.2) is 0 Å². The summed E-state index contributed by atoms with van der Waals surface area (Å²) in [5.74, 6) is -0.801. The number of fused-ring (bicyclic) bond motifs is 1. The van der Waals surface area contributed by atoms with Crippen molar-refractivity contribution in [2.75, 3.05) is 17.2 Å². The molecule has 7 heteroatoms. The van der Waals surface area contributed by atoms with Gasteiger partial charge < -0.3 is 20.4 Å². The Kier molecular flexibility index (Phi) is 7.03. The van der Waals surface area contributed by atoms with Crippen molar-refractivity contribution in [3.8, 4) is 0 Å².